The second-order valence-electron chi connectivity index (χ2n) is 10.5. The summed E-state index contributed by atoms with van der Waals surface area (Å²) in [5.41, 5.74) is 6.79. The van der Waals surface area contributed by atoms with Crippen LogP contribution in [0.25, 0.3) is 6.08 Å². The van der Waals surface area contributed by atoms with Crippen LogP contribution in [0.1, 0.15) is 47.1 Å². The fourth-order valence-corrected chi connectivity index (χ4v) is 6.02. The molecule has 1 heterocycles. The smallest absolute Gasteiger partial charge is 0.251 e. The number of aryl methyl sites for hydroxylation is 1. The van der Waals surface area contributed by atoms with Gasteiger partial charge < -0.3 is 5.32 Å². The number of halogens is 2. The van der Waals surface area contributed by atoms with Crippen molar-refractivity contribution in [2.24, 2.45) is 0 Å². The fourth-order valence-electron chi connectivity index (χ4n) is 5.71. The lowest BCUT2D eigenvalue weighted by Crippen LogP contribution is -2.37. The number of amides is 1. The molecular formula is C35H28Cl2N2O2. The van der Waals surface area contributed by atoms with E-state index in [-0.39, 0.29) is 17.6 Å². The Labute approximate surface area is 249 Å². The molecule has 2 aliphatic rings. The Morgan fingerprint density at radius 1 is 0.854 bits per heavy atom. The minimum absolute atomic E-state index is 0.00181. The van der Waals surface area contributed by atoms with E-state index in [2.05, 4.69) is 5.32 Å². The molecule has 6 rings (SSSR count). The fraction of sp³-hybridized carbons (Fsp3) is 0.143. The molecule has 0 aromatic heterocycles. The van der Waals surface area contributed by atoms with Gasteiger partial charge in [0.1, 0.15) is 0 Å². The highest BCUT2D eigenvalue weighted by atomic mass is 35.5. The summed E-state index contributed by atoms with van der Waals surface area (Å²) in [6.45, 7) is 2.03. The Kier molecular flexibility index (Phi) is 7.53. The number of rotatable bonds is 4. The van der Waals surface area contributed by atoms with E-state index in [0.717, 1.165) is 33.6 Å². The zero-order valence-electron chi connectivity index (χ0n) is 22.5. The molecule has 0 saturated heterocycles. The van der Waals surface area contributed by atoms with Crippen molar-refractivity contribution >= 4 is 52.3 Å². The molecule has 4 aromatic carbocycles. The topological polar surface area (TPSA) is 49.4 Å². The Hall–Kier alpha value is -4.12. The van der Waals surface area contributed by atoms with Crippen molar-refractivity contribution in [1.29, 1.82) is 0 Å². The summed E-state index contributed by atoms with van der Waals surface area (Å²) in [7, 11) is 0. The molecule has 0 radical (unpaired) electrons. The molecule has 41 heavy (non-hydrogen) atoms. The predicted molar refractivity (Wildman–Crippen MR) is 167 cm³/mol. The molecule has 4 nitrogen and oxygen atoms in total. The number of carbonyl (C=O) groups is 2. The van der Waals surface area contributed by atoms with Crippen LogP contribution in [-0.2, 0) is 9.59 Å². The first-order valence-electron chi connectivity index (χ1n) is 13.6. The normalized spacial score (nSPS) is 18.5. The molecule has 0 spiro atoms. The largest absolute Gasteiger partial charge is 0.357 e. The molecular weight excluding hydrogens is 551 g/mol. The van der Waals surface area contributed by atoms with Gasteiger partial charge in [0.2, 0.25) is 0 Å². The predicted octanol–water partition coefficient (Wildman–Crippen LogP) is 8.92. The second kappa shape index (κ2) is 11.4. The Balaban J connectivity index is 1.50. The summed E-state index contributed by atoms with van der Waals surface area (Å²) >= 11 is 12.5. The summed E-state index contributed by atoms with van der Waals surface area (Å²) in [5.74, 6) is -0.283. The minimum Gasteiger partial charge on any atom is -0.357 e. The highest BCUT2D eigenvalue weighted by molar-refractivity contribution is 6.42. The van der Waals surface area contributed by atoms with Gasteiger partial charge in [0, 0.05) is 23.8 Å². The summed E-state index contributed by atoms with van der Waals surface area (Å²) in [6.07, 6.45) is 4.30. The van der Waals surface area contributed by atoms with Crippen molar-refractivity contribution in [2.75, 3.05) is 10.2 Å². The molecule has 1 N–H and O–H groups in total. The lowest BCUT2D eigenvalue weighted by atomic mass is 9.78. The number of carbonyl (C=O) groups excluding carboxylic acids is 2. The number of para-hydroxylation sites is 2. The standard InChI is InChI=1S/C35H28Cl2N2O2/c1-22-11-14-24(15-12-22)35-34-30(20-26(21-32(34)40)25-16-17-27(36)28(37)19-25)38-29-9-5-6-10-31(29)39(35)33(41)18-13-23-7-3-2-4-8-23/h2-19,26,35,38H,20-21H2,1H3/b18-13+/t26-,35-/m1/s1. The Morgan fingerprint density at radius 2 is 1.56 bits per heavy atom. The minimum atomic E-state index is -0.600. The zero-order valence-corrected chi connectivity index (χ0v) is 24.0. The van der Waals surface area contributed by atoms with E-state index in [9.17, 15) is 9.59 Å². The molecule has 0 bridgehead atoms. The maximum atomic E-state index is 14.2. The van der Waals surface area contributed by atoms with E-state index in [4.69, 9.17) is 23.2 Å². The summed E-state index contributed by atoms with van der Waals surface area (Å²) < 4.78 is 0. The molecule has 1 aliphatic carbocycles. The van der Waals surface area contributed by atoms with E-state index < -0.39 is 6.04 Å². The van der Waals surface area contributed by atoms with Crippen LogP contribution in [0.15, 0.2) is 114 Å². The van der Waals surface area contributed by atoms with Crippen LogP contribution in [0.2, 0.25) is 10.0 Å². The highest BCUT2D eigenvalue weighted by Crippen LogP contribution is 2.47. The number of benzene rings is 4. The van der Waals surface area contributed by atoms with Gasteiger partial charge in [-0.05, 0) is 66.3 Å². The lowest BCUT2D eigenvalue weighted by molar-refractivity contribution is -0.116. The van der Waals surface area contributed by atoms with E-state index in [1.165, 1.54) is 0 Å². The van der Waals surface area contributed by atoms with Gasteiger partial charge in [-0.15, -0.1) is 0 Å². The lowest BCUT2D eigenvalue weighted by Gasteiger charge is -2.34. The second-order valence-corrected chi connectivity index (χ2v) is 11.3. The first-order chi connectivity index (χ1) is 19.9. The molecule has 0 saturated carbocycles. The van der Waals surface area contributed by atoms with E-state index in [1.54, 1.807) is 17.0 Å². The number of hydrogen-bond acceptors (Lipinski definition) is 3. The van der Waals surface area contributed by atoms with Crippen molar-refractivity contribution in [2.45, 2.75) is 31.7 Å². The Bertz CT molecular complexity index is 1690. The monoisotopic (exact) mass is 578 g/mol. The third kappa shape index (κ3) is 5.46. The molecule has 0 fully saturated rings. The number of hydrogen-bond donors (Lipinski definition) is 1. The van der Waals surface area contributed by atoms with Crippen molar-refractivity contribution in [3.8, 4) is 0 Å². The maximum absolute atomic E-state index is 14.2. The SMILES string of the molecule is Cc1ccc([C@@H]2C3=C(C[C@@H](c4ccc(Cl)c(Cl)c4)CC3=O)Nc3ccccc3N2C(=O)/C=C/c2ccccc2)cc1. The van der Waals surface area contributed by atoms with Crippen LogP contribution in [0, 0.1) is 6.92 Å². The molecule has 4 aromatic rings. The molecule has 204 valence electrons. The summed E-state index contributed by atoms with van der Waals surface area (Å²) in [6, 6.07) is 30.5. The van der Waals surface area contributed by atoms with Crippen LogP contribution in [-0.4, -0.2) is 11.7 Å². The number of Topliss-reactive ketones (excluding diaryl/α,β-unsaturated/α-hetero) is 1. The van der Waals surface area contributed by atoms with Gasteiger partial charge in [-0.25, -0.2) is 0 Å². The number of nitrogens with zero attached hydrogens (tertiary/aromatic N) is 1. The first kappa shape index (κ1) is 27.1. The van der Waals surface area contributed by atoms with Gasteiger partial charge in [-0.3, -0.25) is 14.5 Å². The highest BCUT2D eigenvalue weighted by Gasteiger charge is 2.41. The number of fused-ring (bicyclic) bond motifs is 1. The van der Waals surface area contributed by atoms with Gasteiger partial charge in [0.05, 0.1) is 27.5 Å². The van der Waals surface area contributed by atoms with E-state index in [1.807, 2.05) is 104 Å². The van der Waals surface area contributed by atoms with Gasteiger partial charge in [-0.1, -0.05) is 102 Å². The Morgan fingerprint density at radius 3 is 2.32 bits per heavy atom. The third-order valence-electron chi connectivity index (χ3n) is 7.75. The average Bonchev–Trinajstić information content (AvgIpc) is 3.13. The molecule has 2 atom stereocenters. The van der Waals surface area contributed by atoms with Crippen molar-refractivity contribution in [1.82, 2.24) is 0 Å². The molecule has 6 heteroatoms. The van der Waals surface area contributed by atoms with Crippen LogP contribution in [0.3, 0.4) is 0 Å². The summed E-state index contributed by atoms with van der Waals surface area (Å²) in [5, 5.41) is 4.52. The van der Waals surface area contributed by atoms with Gasteiger partial charge in [0.15, 0.2) is 5.78 Å². The quantitative estimate of drug-likeness (QED) is 0.246. The van der Waals surface area contributed by atoms with E-state index in [0.29, 0.717) is 34.1 Å². The third-order valence-corrected chi connectivity index (χ3v) is 8.49. The van der Waals surface area contributed by atoms with E-state index >= 15 is 0 Å². The van der Waals surface area contributed by atoms with Crippen LogP contribution < -0.4 is 10.2 Å². The van der Waals surface area contributed by atoms with Gasteiger partial charge in [0.25, 0.3) is 5.91 Å². The zero-order chi connectivity index (χ0) is 28.5. The summed E-state index contributed by atoms with van der Waals surface area (Å²) in [4.78, 5) is 30.0. The average molecular weight is 580 g/mol. The maximum Gasteiger partial charge on any atom is 0.251 e. The number of nitrogens with one attached hydrogen (secondary N) is 1. The number of allylic oxidation sites excluding steroid dienone is 1. The van der Waals surface area contributed by atoms with Crippen molar-refractivity contribution < 1.29 is 9.59 Å². The number of ketones is 1. The van der Waals surface area contributed by atoms with Crippen LogP contribution in [0.5, 0.6) is 0 Å². The molecule has 1 amide bonds. The van der Waals surface area contributed by atoms with Crippen LogP contribution in [0.4, 0.5) is 11.4 Å². The first-order valence-corrected chi connectivity index (χ1v) is 14.3. The van der Waals surface area contributed by atoms with Crippen molar-refractivity contribution in [3.63, 3.8) is 0 Å². The molecule has 0 unspecified atom stereocenters. The van der Waals surface area contributed by atoms with Gasteiger partial charge >= 0.3 is 0 Å². The number of anilines is 2. The van der Waals surface area contributed by atoms with Crippen molar-refractivity contribution in [3.05, 3.63) is 147 Å². The molecule has 1 aliphatic heterocycles. The van der Waals surface area contributed by atoms with Crippen LogP contribution >= 0.6 is 23.2 Å². The van der Waals surface area contributed by atoms with Gasteiger partial charge in [-0.2, -0.15) is 0 Å².